The van der Waals surface area contributed by atoms with E-state index in [2.05, 4.69) is 0 Å². The minimum atomic E-state index is 0. The molecule has 0 saturated heterocycles. The molecule has 7 heavy (non-hydrogen) atoms. The van der Waals surface area contributed by atoms with Crippen molar-refractivity contribution in [3.63, 3.8) is 0 Å². The molecule has 0 N–H and O–H groups in total. The molecule has 0 fully saturated rings. The molecule has 0 saturated carbocycles. The lowest BCUT2D eigenvalue weighted by Crippen LogP contribution is -1.33. The Kier molecular flexibility index (Phi) is 23.0. The molecular formula is C2H3Cl5. The molecule has 0 aromatic rings. The first-order valence-electron chi connectivity index (χ1n) is 0.885. The van der Waals surface area contributed by atoms with E-state index in [1.807, 2.05) is 0 Å². The summed E-state index contributed by atoms with van der Waals surface area (Å²) in [5, 5.41) is 0. The highest BCUT2D eigenvalue weighted by molar-refractivity contribution is 6.58. The molecule has 46 valence electrons. The third-order valence-corrected chi connectivity index (χ3v) is 0.742. The Bertz CT molecular complexity index is 44.0. The van der Waals surface area contributed by atoms with Crippen molar-refractivity contribution in [1.29, 1.82) is 0 Å². The quantitative estimate of drug-likeness (QED) is 0.567. The van der Waals surface area contributed by atoms with Gasteiger partial charge in [0, 0.05) is 5.54 Å². The fourth-order valence-corrected chi connectivity index (χ4v) is 0. The summed E-state index contributed by atoms with van der Waals surface area (Å²) in [5.41, 5.74) is 1.09. The van der Waals surface area contributed by atoms with Crippen molar-refractivity contribution in [3.8, 4) is 0 Å². The molecule has 0 unspecified atom stereocenters. The van der Waals surface area contributed by atoms with E-state index in [1.165, 1.54) is 0 Å². The zero-order chi connectivity index (χ0) is 4.28. The van der Waals surface area contributed by atoms with Gasteiger partial charge in [0.1, 0.15) is 4.49 Å². The molecule has 0 aliphatic carbocycles. The third kappa shape index (κ3) is 19.0. The summed E-state index contributed by atoms with van der Waals surface area (Å²) in [4.78, 5) is 0. The lowest BCUT2D eigenvalue weighted by molar-refractivity contribution is 2.36. The van der Waals surface area contributed by atoms with Crippen LogP contribution in [0.3, 0.4) is 0 Å². The minimum Gasteiger partial charge on any atom is -0.147 e. The van der Waals surface area contributed by atoms with Gasteiger partial charge in [-0.25, -0.2) is 0 Å². The third-order valence-electron chi connectivity index (χ3n) is 0.0825. The molecule has 0 amide bonds. The Balaban J connectivity index is -0.0000000800. The molecule has 0 spiro atoms. The van der Waals surface area contributed by atoms with E-state index in [-0.39, 0.29) is 29.3 Å². The SMILES string of the molecule is Cl.Cl.ClC=C(Cl)Cl. The summed E-state index contributed by atoms with van der Waals surface area (Å²) in [5.74, 6) is 0. The highest BCUT2D eigenvalue weighted by atomic mass is 35.5. The van der Waals surface area contributed by atoms with Gasteiger partial charge in [-0.3, -0.25) is 0 Å². The summed E-state index contributed by atoms with van der Waals surface area (Å²) in [6.07, 6.45) is 0. The topological polar surface area (TPSA) is 0 Å². The van der Waals surface area contributed by atoms with Crippen molar-refractivity contribution in [1.82, 2.24) is 0 Å². The molecule has 0 aliphatic rings. The van der Waals surface area contributed by atoms with Crippen LogP contribution in [0.1, 0.15) is 0 Å². The highest BCUT2D eigenvalue weighted by Crippen LogP contribution is 2.05. The Labute approximate surface area is 69.6 Å². The maximum Gasteiger partial charge on any atom is 0.118 e. The van der Waals surface area contributed by atoms with Gasteiger partial charge < -0.3 is 0 Å². The normalized spacial score (nSPS) is 5.00. The first-order valence-corrected chi connectivity index (χ1v) is 2.08. The van der Waals surface area contributed by atoms with Crippen LogP contribution in [0.25, 0.3) is 0 Å². The Morgan fingerprint density at radius 2 is 1.29 bits per heavy atom. The van der Waals surface area contributed by atoms with Crippen molar-refractivity contribution >= 4 is 59.6 Å². The smallest absolute Gasteiger partial charge is 0.118 e. The van der Waals surface area contributed by atoms with Crippen LogP contribution in [0.4, 0.5) is 0 Å². The average molecular weight is 204 g/mol. The average Bonchev–Trinajstić information content (AvgIpc) is 1.38. The Morgan fingerprint density at radius 3 is 1.29 bits per heavy atom. The maximum atomic E-state index is 4.96. The molecule has 0 atom stereocenters. The van der Waals surface area contributed by atoms with Gasteiger partial charge in [-0.15, -0.1) is 24.8 Å². The maximum absolute atomic E-state index is 4.96. The lowest BCUT2D eigenvalue weighted by Gasteiger charge is -1.64. The van der Waals surface area contributed by atoms with Crippen LogP contribution in [0, 0.1) is 0 Å². The standard InChI is InChI=1S/C2HCl3.2ClH/c3-1-2(4)5;;/h1H;2*1H. The van der Waals surface area contributed by atoms with Crippen molar-refractivity contribution in [2.45, 2.75) is 0 Å². The van der Waals surface area contributed by atoms with Gasteiger partial charge in [-0.05, 0) is 0 Å². The van der Waals surface area contributed by atoms with E-state index in [0.29, 0.717) is 0 Å². The Morgan fingerprint density at radius 1 is 1.14 bits per heavy atom. The molecule has 0 heterocycles. The molecule has 0 rings (SSSR count). The zero-order valence-corrected chi connectivity index (χ0v) is 6.93. The largest absolute Gasteiger partial charge is 0.147 e. The van der Waals surface area contributed by atoms with E-state index >= 15 is 0 Å². The monoisotopic (exact) mass is 202 g/mol. The van der Waals surface area contributed by atoms with Gasteiger partial charge in [0.25, 0.3) is 0 Å². The van der Waals surface area contributed by atoms with E-state index in [0.717, 1.165) is 5.54 Å². The van der Waals surface area contributed by atoms with Crippen molar-refractivity contribution in [3.05, 3.63) is 10.0 Å². The second-order valence-electron chi connectivity index (χ2n) is 0.399. The molecule has 0 bridgehead atoms. The molecular weight excluding hydrogens is 201 g/mol. The second-order valence-corrected chi connectivity index (χ2v) is 1.62. The summed E-state index contributed by atoms with van der Waals surface area (Å²) in [7, 11) is 0. The predicted octanol–water partition coefficient (Wildman–Crippen LogP) is 3.35. The van der Waals surface area contributed by atoms with Gasteiger partial charge in [-0.1, -0.05) is 34.8 Å². The number of halogens is 5. The molecule has 0 aliphatic heterocycles. The Hall–Kier alpha value is 1.19. The van der Waals surface area contributed by atoms with Gasteiger partial charge in [-0.2, -0.15) is 0 Å². The summed E-state index contributed by atoms with van der Waals surface area (Å²) < 4.78 is 0.0895. The second kappa shape index (κ2) is 10.2. The van der Waals surface area contributed by atoms with E-state index in [4.69, 9.17) is 34.8 Å². The zero-order valence-electron chi connectivity index (χ0n) is 3.03. The molecule has 0 aromatic carbocycles. The summed E-state index contributed by atoms with van der Waals surface area (Å²) in [6.45, 7) is 0. The predicted molar refractivity (Wildman–Crippen MR) is 40.1 cm³/mol. The van der Waals surface area contributed by atoms with Gasteiger partial charge in [0.05, 0.1) is 0 Å². The van der Waals surface area contributed by atoms with Crippen LogP contribution in [-0.2, 0) is 0 Å². The first-order chi connectivity index (χ1) is 2.27. The lowest BCUT2D eigenvalue weighted by atomic mass is 11.2. The van der Waals surface area contributed by atoms with E-state index in [9.17, 15) is 0 Å². The highest BCUT2D eigenvalue weighted by Gasteiger charge is 1.70. The first kappa shape index (κ1) is 15.7. The fourth-order valence-electron chi connectivity index (χ4n) is 0. The molecule has 0 radical (unpaired) electrons. The fraction of sp³-hybridized carbons (Fsp3) is 0. The van der Waals surface area contributed by atoms with Crippen LogP contribution in [-0.4, -0.2) is 0 Å². The van der Waals surface area contributed by atoms with Crippen LogP contribution >= 0.6 is 59.6 Å². The van der Waals surface area contributed by atoms with Gasteiger partial charge in [0.2, 0.25) is 0 Å². The molecule has 0 nitrogen and oxygen atoms in total. The number of hydrogen-bond donors (Lipinski definition) is 0. The summed E-state index contributed by atoms with van der Waals surface area (Å²) in [6, 6.07) is 0. The summed E-state index contributed by atoms with van der Waals surface area (Å²) >= 11 is 14.8. The molecule has 0 aromatic heterocycles. The minimum absolute atomic E-state index is 0. The van der Waals surface area contributed by atoms with E-state index in [1.54, 1.807) is 0 Å². The van der Waals surface area contributed by atoms with Crippen LogP contribution < -0.4 is 0 Å². The molecule has 5 heteroatoms. The van der Waals surface area contributed by atoms with Gasteiger partial charge >= 0.3 is 0 Å². The van der Waals surface area contributed by atoms with Crippen LogP contribution in [0.2, 0.25) is 0 Å². The van der Waals surface area contributed by atoms with E-state index < -0.39 is 0 Å². The number of hydrogen-bond acceptors (Lipinski definition) is 0. The number of rotatable bonds is 0. The van der Waals surface area contributed by atoms with Gasteiger partial charge in [0.15, 0.2) is 0 Å². The van der Waals surface area contributed by atoms with Crippen molar-refractivity contribution < 1.29 is 0 Å². The van der Waals surface area contributed by atoms with Crippen molar-refractivity contribution in [2.75, 3.05) is 0 Å². The van der Waals surface area contributed by atoms with Crippen molar-refractivity contribution in [2.24, 2.45) is 0 Å². The van der Waals surface area contributed by atoms with Crippen LogP contribution in [0.15, 0.2) is 10.0 Å². The van der Waals surface area contributed by atoms with Crippen LogP contribution in [0.5, 0.6) is 0 Å².